The summed E-state index contributed by atoms with van der Waals surface area (Å²) in [5, 5.41) is 0. The molecule has 0 aliphatic heterocycles. The Hall–Kier alpha value is -0.610. The monoisotopic (exact) mass is 366 g/mol. The standard InChI is InChI=1S/C21H34O3S/c1-6-19(2)13-10-17-16(14-19)8-9-18-20(3,15-24-25(5,22)23)11-7-12-21(17,18)4/h6,8,17-18H,1,7,9-15H2,2-5H3/t17-,18?,19-,20+,21-/m1/s1. The molecule has 0 aromatic heterocycles. The van der Waals surface area contributed by atoms with E-state index in [-0.39, 0.29) is 16.2 Å². The maximum Gasteiger partial charge on any atom is 0.264 e. The van der Waals surface area contributed by atoms with E-state index in [1.807, 2.05) is 0 Å². The van der Waals surface area contributed by atoms with Gasteiger partial charge >= 0.3 is 0 Å². The summed E-state index contributed by atoms with van der Waals surface area (Å²) in [5.41, 5.74) is 2.07. The van der Waals surface area contributed by atoms with Gasteiger partial charge in [0.2, 0.25) is 0 Å². The molecule has 3 aliphatic carbocycles. The van der Waals surface area contributed by atoms with Gasteiger partial charge in [-0.15, -0.1) is 6.58 Å². The van der Waals surface area contributed by atoms with Crippen molar-refractivity contribution in [2.45, 2.75) is 65.7 Å². The molecule has 0 aromatic rings. The predicted molar refractivity (Wildman–Crippen MR) is 103 cm³/mol. The Morgan fingerprint density at radius 1 is 1.28 bits per heavy atom. The smallest absolute Gasteiger partial charge is 0.264 e. The molecule has 0 radical (unpaired) electrons. The summed E-state index contributed by atoms with van der Waals surface area (Å²) in [5.74, 6) is 1.13. The van der Waals surface area contributed by atoms with Gasteiger partial charge in [-0.2, -0.15) is 8.42 Å². The van der Waals surface area contributed by atoms with Gasteiger partial charge in [0.1, 0.15) is 0 Å². The number of hydrogen-bond acceptors (Lipinski definition) is 3. The predicted octanol–water partition coefficient (Wildman–Crippen LogP) is 5.10. The summed E-state index contributed by atoms with van der Waals surface area (Å²) in [6, 6.07) is 0. The minimum atomic E-state index is -3.39. The second kappa shape index (κ2) is 6.23. The van der Waals surface area contributed by atoms with Gasteiger partial charge in [-0.05, 0) is 66.6 Å². The number of allylic oxidation sites excluding steroid dienone is 3. The molecule has 3 aliphatic rings. The van der Waals surface area contributed by atoms with Crippen molar-refractivity contribution in [2.75, 3.05) is 12.9 Å². The van der Waals surface area contributed by atoms with Gasteiger partial charge in [0, 0.05) is 0 Å². The van der Waals surface area contributed by atoms with Gasteiger partial charge in [-0.25, -0.2) is 0 Å². The van der Waals surface area contributed by atoms with Gasteiger partial charge in [0.15, 0.2) is 0 Å². The minimum Gasteiger partial charge on any atom is -0.270 e. The van der Waals surface area contributed by atoms with Crippen molar-refractivity contribution in [2.24, 2.45) is 28.1 Å². The minimum absolute atomic E-state index is 0.0582. The third-order valence-electron chi connectivity index (χ3n) is 7.67. The van der Waals surface area contributed by atoms with Crippen molar-refractivity contribution in [1.29, 1.82) is 0 Å². The topological polar surface area (TPSA) is 43.4 Å². The first-order chi connectivity index (χ1) is 11.5. The Morgan fingerprint density at radius 2 is 2.00 bits per heavy atom. The summed E-state index contributed by atoms with van der Waals surface area (Å²) in [6.45, 7) is 11.4. The molecule has 0 aromatic carbocycles. The maximum atomic E-state index is 11.5. The second-order valence-electron chi connectivity index (χ2n) is 9.67. The Kier molecular flexibility index (Phi) is 4.77. The highest BCUT2D eigenvalue weighted by atomic mass is 32.2. The van der Waals surface area contributed by atoms with Crippen LogP contribution in [0, 0.1) is 28.1 Å². The zero-order chi connectivity index (χ0) is 18.5. The Morgan fingerprint density at radius 3 is 2.64 bits per heavy atom. The van der Waals surface area contributed by atoms with Crippen LogP contribution >= 0.6 is 0 Å². The van der Waals surface area contributed by atoms with E-state index in [2.05, 4.69) is 39.5 Å². The normalized spacial score (nSPS) is 44.4. The fourth-order valence-corrected chi connectivity index (χ4v) is 6.63. The summed E-state index contributed by atoms with van der Waals surface area (Å²) >= 11 is 0. The highest BCUT2D eigenvalue weighted by Gasteiger charge is 2.55. The molecule has 0 spiro atoms. The van der Waals surface area contributed by atoms with Gasteiger partial charge in [-0.1, -0.05) is 44.9 Å². The van der Waals surface area contributed by atoms with Crippen LogP contribution in [-0.2, 0) is 14.3 Å². The maximum absolute atomic E-state index is 11.5. The highest BCUT2D eigenvalue weighted by Crippen LogP contribution is 2.63. The number of hydrogen-bond donors (Lipinski definition) is 0. The van der Waals surface area contributed by atoms with E-state index in [9.17, 15) is 8.42 Å². The molecule has 25 heavy (non-hydrogen) atoms. The molecule has 2 fully saturated rings. The lowest BCUT2D eigenvalue weighted by Gasteiger charge is -2.59. The zero-order valence-corrected chi connectivity index (χ0v) is 17.1. The molecule has 142 valence electrons. The molecule has 0 bridgehead atoms. The van der Waals surface area contributed by atoms with E-state index >= 15 is 0 Å². The van der Waals surface area contributed by atoms with Crippen LogP contribution in [0.15, 0.2) is 24.3 Å². The average Bonchev–Trinajstić information content (AvgIpc) is 2.52. The summed E-state index contributed by atoms with van der Waals surface area (Å²) < 4.78 is 28.4. The lowest BCUT2D eigenvalue weighted by molar-refractivity contribution is -0.0750. The Bertz CT molecular complexity index is 679. The SMILES string of the molecule is C=C[C@]1(C)CC[C@@H]2C(=CCC3[C@](C)(COS(C)(=O)=O)CCC[C@@]32C)C1. The van der Waals surface area contributed by atoms with Gasteiger partial charge in [0.25, 0.3) is 10.1 Å². The highest BCUT2D eigenvalue weighted by molar-refractivity contribution is 7.85. The van der Waals surface area contributed by atoms with Gasteiger partial charge in [-0.3, -0.25) is 4.18 Å². The molecule has 0 N–H and O–H groups in total. The molecule has 1 unspecified atom stereocenters. The van der Waals surface area contributed by atoms with Crippen LogP contribution in [-0.4, -0.2) is 21.3 Å². The van der Waals surface area contributed by atoms with Crippen LogP contribution in [0.25, 0.3) is 0 Å². The fourth-order valence-electron chi connectivity index (χ4n) is 6.15. The lowest BCUT2D eigenvalue weighted by atomic mass is 9.45. The first-order valence-corrected chi connectivity index (χ1v) is 11.5. The van der Waals surface area contributed by atoms with Crippen LogP contribution in [0.3, 0.4) is 0 Å². The van der Waals surface area contributed by atoms with Gasteiger partial charge in [0.05, 0.1) is 12.9 Å². The zero-order valence-electron chi connectivity index (χ0n) is 16.3. The molecule has 3 rings (SSSR count). The molecular weight excluding hydrogens is 332 g/mol. The molecule has 0 saturated heterocycles. The van der Waals surface area contributed by atoms with Crippen molar-refractivity contribution in [3.05, 3.63) is 24.3 Å². The third-order valence-corrected chi connectivity index (χ3v) is 8.21. The van der Waals surface area contributed by atoms with E-state index in [1.54, 1.807) is 5.57 Å². The largest absolute Gasteiger partial charge is 0.270 e. The third kappa shape index (κ3) is 3.49. The Labute approximate surface area is 154 Å². The molecule has 3 nitrogen and oxygen atoms in total. The van der Waals surface area contributed by atoms with Crippen molar-refractivity contribution in [1.82, 2.24) is 0 Å². The summed E-state index contributed by atoms with van der Waals surface area (Å²) in [6.07, 6.45) is 13.9. The Balaban J connectivity index is 1.88. The average molecular weight is 367 g/mol. The molecule has 0 heterocycles. The first-order valence-electron chi connectivity index (χ1n) is 9.68. The van der Waals surface area contributed by atoms with Gasteiger partial charge < -0.3 is 0 Å². The first kappa shape index (κ1) is 19.2. The van der Waals surface area contributed by atoms with Crippen LogP contribution in [0.2, 0.25) is 0 Å². The van der Waals surface area contributed by atoms with Crippen LogP contribution in [0.1, 0.15) is 65.7 Å². The van der Waals surface area contributed by atoms with Crippen LogP contribution < -0.4 is 0 Å². The summed E-state index contributed by atoms with van der Waals surface area (Å²) in [4.78, 5) is 0. The van der Waals surface area contributed by atoms with Crippen LogP contribution in [0.5, 0.6) is 0 Å². The fraction of sp³-hybridized carbons (Fsp3) is 0.810. The van der Waals surface area contributed by atoms with Crippen molar-refractivity contribution >= 4 is 10.1 Å². The van der Waals surface area contributed by atoms with E-state index < -0.39 is 10.1 Å². The van der Waals surface area contributed by atoms with E-state index in [4.69, 9.17) is 4.18 Å². The van der Waals surface area contributed by atoms with Crippen LogP contribution in [0.4, 0.5) is 0 Å². The van der Waals surface area contributed by atoms with Crippen molar-refractivity contribution < 1.29 is 12.6 Å². The lowest BCUT2D eigenvalue weighted by Crippen LogP contribution is -2.52. The van der Waals surface area contributed by atoms with Crippen molar-refractivity contribution in [3.63, 3.8) is 0 Å². The van der Waals surface area contributed by atoms with Crippen molar-refractivity contribution in [3.8, 4) is 0 Å². The number of fused-ring (bicyclic) bond motifs is 3. The van der Waals surface area contributed by atoms with E-state index in [1.165, 1.54) is 25.7 Å². The summed E-state index contributed by atoms with van der Waals surface area (Å²) in [7, 11) is -3.39. The van der Waals surface area contributed by atoms with E-state index in [0.717, 1.165) is 25.5 Å². The quantitative estimate of drug-likeness (QED) is 0.514. The number of rotatable bonds is 4. The molecule has 5 atom stereocenters. The molecular formula is C21H34O3S. The molecule has 2 saturated carbocycles. The molecule has 4 heteroatoms. The van der Waals surface area contributed by atoms with E-state index in [0.29, 0.717) is 18.4 Å². The molecule has 0 amide bonds. The second-order valence-corrected chi connectivity index (χ2v) is 11.3.